The van der Waals surface area contributed by atoms with Crippen molar-refractivity contribution in [1.82, 2.24) is 4.90 Å². The van der Waals surface area contributed by atoms with Crippen LogP contribution in [0.5, 0.6) is 0 Å². The monoisotopic (exact) mass is 200 g/mol. The molecule has 1 fully saturated rings. The molecule has 14 heavy (non-hydrogen) atoms. The molecule has 5 heteroatoms. The number of carbonyl (C=O) groups excluding carboxylic acids is 2. The molecule has 1 atom stereocenters. The molecule has 1 rings (SSSR count). The van der Waals surface area contributed by atoms with E-state index in [9.17, 15) is 9.59 Å². The van der Waals surface area contributed by atoms with Crippen molar-refractivity contribution < 1.29 is 14.3 Å². The van der Waals surface area contributed by atoms with Gasteiger partial charge in [-0.15, -0.1) is 0 Å². The predicted octanol–water partition coefficient (Wildman–Crippen LogP) is -0.645. The molecule has 80 valence electrons. The zero-order valence-corrected chi connectivity index (χ0v) is 8.53. The van der Waals surface area contributed by atoms with Crippen molar-refractivity contribution in [3.63, 3.8) is 0 Å². The maximum absolute atomic E-state index is 11.4. The van der Waals surface area contributed by atoms with Crippen molar-refractivity contribution in [3.05, 3.63) is 0 Å². The van der Waals surface area contributed by atoms with Crippen molar-refractivity contribution >= 4 is 11.9 Å². The Hall–Kier alpha value is -1.10. The highest BCUT2D eigenvalue weighted by molar-refractivity contribution is 5.79. The number of ether oxygens (including phenoxy) is 1. The van der Waals surface area contributed by atoms with E-state index in [-0.39, 0.29) is 18.6 Å². The number of carbonyl (C=O) groups is 2. The number of primary amides is 1. The number of likely N-dealkylation sites (N-methyl/N-ethyl adjacent to an activating group) is 1. The van der Waals surface area contributed by atoms with Gasteiger partial charge in [0.1, 0.15) is 6.04 Å². The van der Waals surface area contributed by atoms with Crippen LogP contribution in [-0.2, 0) is 14.3 Å². The summed E-state index contributed by atoms with van der Waals surface area (Å²) in [6, 6.07) is -0.313. The van der Waals surface area contributed by atoms with Gasteiger partial charge in [-0.05, 0) is 25.8 Å². The number of amides is 1. The van der Waals surface area contributed by atoms with Crippen molar-refractivity contribution in [1.29, 1.82) is 0 Å². The van der Waals surface area contributed by atoms with Gasteiger partial charge in [0.2, 0.25) is 5.91 Å². The highest BCUT2D eigenvalue weighted by Gasteiger charge is 2.39. The Morgan fingerprint density at radius 2 is 2.14 bits per heavy atom. The number of methoxy groups -OCH3 is 1. The van der Waals surface area contributed by atoms with E-state index in [0.717, 1.165) is 12.8 Å². The van der Waals surface area contributed by atoms with Gasteiger partial charge in [-0.2, -0.15) is 0 Å². The molecule has 2 N–H and O–H groups in total. The minimum atomic E-state index is -0.429. The van der Waals surface area contributed by atoms with E-state index in [1.54, 1.807) is 11.9 Å². The molecular formula is C9H16N2O3. The summed E-state index contributed by atoms with van der Waals surface area (Å²) in [4.78, 5) is 23.8. The molecule has 1 aliphatic carbocycles. The van der Waals surface area contributed by atoms with Crippen molar-refractivity contribution in [2.45, 2.75) is 18.9 Å². The largest absolute Gasteiger partial charge is 0.468 e. The summed E-state index contributed by atoms with van der Waals surface area (Å²) in [7, 11) is 3.07. The molecule has 0 bridgehead atoms. The first-order valence-corrected chi connectivity index (χ1v) is 4.62. The minimum absolute atomic E-state index is 0.0935. The van der Waals surface area contributed by atoms with Gasteiger partial charge in [0.15, 0.2) is 0 Å². The number of rotatable bonds is 5. The topological polar surface area (TPSA) is 72.6 Å². The number of hydrogen-bond donors (Lipinski definition) is 1. The van der Waals surface area contributed by atoms with Gasteiger partial charge >= 0.3 is 5.97 Å². The number of nitrogens with zero attached hydrogens (tertiary/aromatic N) is 1. The Morgan fingerprint density at radius 1 is 1.57 bits per heavy atom. The van der Waals surface area contributed by atoms with Crippen LogP contribution in [0.3, 0.4) is 0 Å². The van der Waals surface area contributed by atoms with Crippen LogP contribution in [0.2, 0.25) is 0 Å². The Labute approximate surface area is 83.2 Å². The van der Waals surface area contributed by atoms with E-state index in [1.807, 2.05) is 0 Å². The van der Waals surface area contributed by atoms with Gasteiger partial charge in [-0.1, -0.05) is 0 Å². The molecule has 0 spiro atoms. The summed E-state index contributed by atoms with van der Waals surface area (Å²) in [5, 5.41) is 0. The van der Waals surface area contributed by atoms with E-state index in [2.05, 4.69) is 4.74 Å². The second kappa shape index (κ2) is 4.41. The van der Waals surface area contributed by atoms with Crippen molar-refractivity contribution in [2.75, 3.05) is 20.7 Å². The van der Waals surface area contributed by atoms with E-state index in [0.29, 0.717) is 5.92 Å². The predicted molar refractivity (Wildman–Crippen MR) is 50.4 cm³/mol. The zero-order valence-electron chi connectivity index (χ0n) is 8.53. The first-order chi connectivity index (χ1) is 6.56. The lowest BCUT2D eigenvalue weighted by molar-refractivity contribution is -0.147. The molecule has 1 amide bonds. The number of hydrogen-bond acceptors (Lipinski definition) is 4. The third-order valence-electron chi connectivity index (χ3n) is 2.39. The highest BCUT2D eigenvalue weighted by atomic mass is 16.5. The maximum atomic E-state index is 11.4. The average Bonchev–Trinajstić information content (AvgIpc) is 2.87. The Bertz CT molecular complexity index is 238. The molecule has 5 nitrogen and oxygen atoms in total. The fraction of sp³-hybridized carbons (Fsp3) is 0.778. The van der Waals surface area contributed by atoms with Crippen LogP contribution >= 0.6 is 0 Å². The molecule has 0 aromatic carbocycles. The fourth-order valence-electron chi connectivity index (χ4n) is 1.61. The number of nitrogens with two attached hydrogens (primary N) is 1. The lowest BCUT2D eigenvalue weighted by atomic mass is 10.1. The van der Waals surface area contributed by atoms with Crippen LogP contribution < -0.4 is 5.73 Å². The molecule has 1 unspecified atom stereocenters. The fourth-order valence-corrected chi connectivity index (χ4v) is 1.61. The summed E-state index contributed by atoms with van der Waals surface area (Å²) in [5.74, 6) is -0.384. The quantitative estimate of drug-likeness (QED) is 0.599. The molecule has 0 aromatic rings. The van der Waals surface area contributed by atoms with Crippen LogP contribution in [0.15, 0.2) is 0 Å². The highest BCUT2D eigenvalue weighted by Crippen LogP contribution is 2.35. The molecule has 0 radical (unpaired) electrons. The Balaban J connectivity index is 2.57. The van der Waals surface area contributed by atoms with E-state index in [4.69, 9.17) is 5.73 Å². The molecular weight excluding hydrogens is 184 g/mol. The van der Waals surface area contributed by atoms with E-state index >= 15 is 0 Å². The van der Waals surface area contributed by atoms with Crippen LogP contribution in [0.25, 0.3) is 0 Å². The van der Waals surface area contributed by atoms with Gasteiger partial charge < -0.3 is 10.5 Å². The first kappa shape index (κ1) is 11.0. The third kappa shape index (κ3) is 2.70. The SMILES string of the molecule is COC(=O)C(C1CC1)N(C)CC(N)=O. The Kier molecular flexibility index (Phi) is 3.46. The second-order valence-corrected chi connectivity index (χ2v) is 3.69. The van der Waals surface area contributed by atoms with Crippen molar-refractivity contribution in [2.24, 2.45) is 11.7 Å². The standard InChI is InChI=1S/C9H16N2O3/c1-11(5-7(10)12)8(6-3-4-6)9(13)14-2/h6,8H,3-5H2,1-2H3,(H2,10,12). The van der Waals surface area contributed by atoms with Crippen LogP contribution in [-0.4, -0.2) is 43.5 Å². The molecule has 1 aliphatic rings. The van der Waals surface area contributed by atoms with Gasteiger partial charge in [-0.25, -0.2) is 0 Å². The van der Waals surface area contributed by atoms with E-state index in [1.165, 1.54) is 7.11 Å². The third-order valence-corrected chi connectivity index (χ3v) is 2.39. The molecule has 0 aromatic heterocycles. The summed E-state index contributed by atoms with van der Waals surface area (Å²) in [5.41, 5.74) is 5.06. The van der Waals surface area contributed by atoms with Crippen LogP contribution in [0, 0.1) is 5.92 Å². The lowest BCUT2D eigenvalue weighted by Gasteiger charge is -2.24. The second-order valence-electron chi connectivity index (χ2n) is 3.69. The summed E-state index contributed by atoms with van der Waals surface area (Å²) >= 11 is 0. The van der Waals surface area contributed by atoms with Gasteiger partial charge in [0.05, 0.1) is 13.7 Å². The smallest absolute Gasteiger partial charge is 0.323 e. The summed E-state index contributed by atoms with van der Waals surface area (Å²) in [6.07, 6.45) is 2.03. The molecule has 0 aliphatic heterocycles. The Morgan fingerprint density at radius 3 is 2.50 bits per heavy atom. The summed E-state index contributed by atoms with van der Waals surface area (Å²) < 4.78 is 4.68. The molecule has 0 saturated heterocycles. The molecule has 1 saturated carbocycles. The number of esters is 1. The van der Waals surface area contributed by atoms with Crippen LogP contribution in [0.4, 0.5) is 0 Å². The first-order valence-electron chi connectivity index (χ1n) is 4.62. The van der Waals surface area contributed by atoms with Gasteiger partial charge in [-0.3, -0.25) is 14.5 Å². The van der Waals surface area contributed by atoms with Crippen molar-refractivity contribution in [3.8, 4) is 0 Å². The van der Waals surface area contributed by atoms with Gasteiger partial charge in [0, 0.05) is 0 Å². The lowest BCUT2D eigenvalue weighted by Crippen LogP contribution is -2.44. The molecule has 0 heterocycles. The maximum Gasteiger partial charge on any atom is 0.323 e. The zero-order chi connectivity index (χ0) is 10.7. The van der Waals surface area contributed by atoms with Crippen LogP contribution in [0.1, 0.15) is 12.8 Å². The van der Waals surface area contributed by atoms with E-state index < -0.39 is 5.91 Å². The summed E-state index contributed by atoms with van der Waals surface area (Å²) in [6.45, 7) is 0.0935. The van der Waals surface area contributed by atoms with Gasteiger partial charge in [0.25, 0.3) is 0 Å². The normalized spacial score (nSPS) is 17.9. The minimum Gasteiger partial charge on any atom is -0.468 e. The average molecular weight is 200 g/mol.